The van der Waals surface area contributed by atoms with Gasteiger partial charge in [-0.15, -0.1) is 0 Å². The minimum atomic E-state index is 0.124. The zero-order chi connectivity index (χ0) is 21.7. The van der Waals surface area contributed by atoms with Crippen molar-refractivity contribution in [3.05, 3.63) is 58.7 Å². The van der Waals surface area contributed by atoms with Crippen LogP contribution >= 0.6 is 12.2 Å². The molecule has 1 aliphatic heterocycles. The summed E-state index contributed by atoms with van der Waals surface area (Å²) in [4.78, 5) is 2.54. The van der Waals surface area contributed by atoms with E-state index in [9.17, 15) is 0 Å². The largest absolute Gasteiger partial charge is 0.493 e. The van der Waals surface area contributed by atoms with Crippen LogP contribution in [-0.2, 0) is 13.0 Å². The number of ether oxygens (including phenoxy) is 2. The quantitative estimate of drug-likeness (QED) is 0.652. The first-order valence-corrected chi connectivity index (χ1v) is 11.0. The lowest BCUT2D eigenvalue weighted by molar-refractivity contribution is 0.149. The molecule has 2 atom stereocenters. The summed E-state index contributed by atoms with van der Waals surface area (Å²) in [6.07, 6.45) is 0.975. The van der Waals surface area contributed by atoms with E-state index in [-0.39, 0.29) is 12.1 Å². The molecule has 0 unspecified atom stereocenters. The second kappa shape index (κ2) is 10.1. The number of nitrogens with one attached hydrogen (secondary N) is 2. The number of fused-ring (bicyclic) bond motifs is 1. The van der Waals surface area contributed by atoms with Crippen molar-refractivity contribution < 1.29 is 9.47 Å². The maximum Gasteiger partial charge on any atom is 0.166 e. The van der Waals surface area contributed by atoms with E-state index < -0.39 is 0 Å². The summed E-state index contributed by atoms with van der Waals surface area (Å²) in [6.45, 7) is 9.06. The molecule has 5 nitrogen and oxygen atoms in total. The van der Waals surface area contributed by atoms with E-state index in [4.69, 9.17) is 21.7 Å². The van der Waals surface area contributed by atoms with E-state index in [1.807, 2.05) is 0 Å². The molecule has 2 aromatic carbocycles. The zero-order valence-electron chi connectivity index (χ0n) is 18.6. The molecule has 162 valence electrons. The van der Waals surface area contributed by atoms with Gasteiger partial charge in [0.2, 0.25) is 0 Å². The van der Waals surface area contributed by atoms with Gasteiger partial charge >= 0.3 is 0 Å². The lowest BCUT2D eigenvalue weighted by atomic mass is 9.87. The number of rotatable bonds is 7. The van der Waals surface area contributed by atoms with Gasteiger partial charge in [-0.1, -0.05) is 29.8 Å². The molecule has 0 aliphatic carbocycles. The van der Waals surface area contributed by atoms with E-state index in [1.54, 1.807) is 14.2 Å². The van der Waals surface area contributed by atoms with Crippen LogP contribution in [0.5, 0.6) is 11.5 Å². The fourth-order valence-electron chi connectivity index (χ4n) is 4.33. The molecule has 1 heterocycles. The van der Waals surface area contributed by atoms with Crippen molar-refractivity contribution in [1.29, 1.82) is 0 Å². The van der Waals surface area contributed by atoms with Crippen LogP contribution in [0.1, 0.15) is 42.1 Å². The number of nitrogens with zero attached hydrogens (tertiary/aromatic N) is 1. The monoisotopic (exact) mass is 427 g/mol. The van der Waals surface area contributed by atoms with E-state index in [1.165, 1.54) is 22.3 Å². The van der Waals surface area contributed by atoms with Crippen LogP contribution in [0, 0.1) is 6.92 Å². The molecule has 30 heavy (non-hydrogen) atoms. The normalized spacial score (nSPS) is 17.0. The highest BCUT2D eigenvalue weighted by molar-refractivity contribution is 7.80. The number of thiocarbonyl (C=S) groups is 1. The van der Waals surface area contributed by atoms with Gasteiger partial charge in [0.25, 0.3) is 0 Å². The summed E-state index contributed by atoms with van der Waals surface area (Å²) < 4.78 is 11.2. The molecule has 0 bridgehead atoms. The smallest absolute Gasteiger partial charge is 0.166 e. The molecule has 0 saturated carbocycles. The molecule has 2 aromatic rings. The minimum absolute atomic E-state index is 0.124. The first-order chi connectivity index (χ1) is 14.5. The van der Waals surface area contributed by atoms with Gasteiger partial charge in [-0.05, 0) is 68.2 Å². The Morgan fingerprint density at radius 2 is 1.93 bits per heavy atom. The Kier molecular flexibility index (Phi) is 7.56. The Labute approximate surface area is 185 Å². The van der Waals surface area contributed by atoms with Gasteiger partial charge in [-0.25, -0.2) is 0 Å². The maximum absolute atomic E-state index is 5.62. The van der Waals surface area contributed by atoms with Gasteiger partial charge in [0.15, 0.2) is 16.6 Å². The summed E-state index contributed by atoms with van der Waals surface area (Å²) in [6, 6.07) is 13.3. The zero-order valence-corrected chi connectivity index (χ0v) is 19.4. The molecule has 0 amide bonds. The SMILES string of the molecule is CCNC(=S)N[C@H](C)[C@@H]1c2cc(OC)c(OC)cc2CCN1Cc1cccc(C)c1. The van der Waals surface area contributed by atoms with Gasteiger partial charge in [-0.3, -0.25) is 4.90 Å². The minimum Gasteiger partial charge on any atom is -0.493 e. The molecule has 0 saturated heterocycles. The fourth-order valence-corrected chi connectivity index (χ4v) is 4.66. The molecule has 1 aliphatic rings. The summed E-state index contributed by atoms with van der Waals surface area (Å²) in [5, 5.41) is 7.39. The number of aryl methyl sites for hydroxylation is 1. The van der Waals surface area contributed by atoms with Crippen LogP contribution in [0.3, 0.4) is 0 Å². The van der Waals surface area contributed by atoms with Crippen molar-refractivity contribution in [2.24, 2.45) is 0 Å². The summed E-state index contributed by atoms with van der Waals surface area (Å²) in [5.74, 6) is 1.55. The molecular formula is C24H33N3O2S. The summed E-state index contributed by atoms with van der Waals surface area (Å²) >= 11 is 5.49. The Balaban J connectivity index is 1.97. The van der Waals surface area contributed by atoms with Gasteiger partial charge in [0.1, 0.15) is 0 Å². The van der Waals surface area contributed by atoms with E-state index >= 15 is 0 Å². The highest BCUT2D eigenvalue weighted by Gasteiger charge is 2.33. The standard InChI is InChI=1S/C24H33N3O2S/c1-6-25-24(30)26-17(3)23-20-14-22(29-5)21(28-4)13-19(20)10-11-27(23)15-18-9-7-8-16(2)12-18/h7-9,12-14,17,23H,6,10-11,15H2,1-5H3,(H2,25,26,30)/t17-,23-/m1/s1. The lowest BCUT2D eigenvalue weighted by Crippen LogP contribution is -2.49. The van der Waals surface area contributed by atoms with Crippen LogP contribution in [0.25, 0.3) is 0 Å². The first kappa shape index (κ1) is 22.4. The van der Waals surface area contributed by atoms with Crippen molar-refractivity contribution in [2.45, 2.75) is 45.8 Å². The van der Waals surface area contributed by atoms with Gasteiger partial charge < -0.3 is 20.1 Å². The molecule has 0 spiro atoms. The molecule has 6 heteroatoms. The fraction of sp³-hybridized carbons (Fsp3) is 0.458. The first-order valence-electron chi connectivity index (χ1n) is 10.6. The third kappa shape index (κ3) is 5.05. The number of hydrogen-bond donors (Lipinski definition) is 2. The predicted octanol–water partition coefficient (Wildman–Crippen LogP) is 3.98. The van der Waals surface area contributed by atoms with Crippen molar-refractivity contribution in [2.75, 3.05) is 27.3 Å². The third-order valence-corrected chi connectivity index (χ3v) is 5.93. The second-order valence-electron chi connectivity index (χ2n) is 7.85. The number of hydrogen-bond acceptors (Lipinski definition) is 4. The summed E-state index contributed by atoms with van der Waals surface area (Å²) in [5.41, 5.74) is 5.18. The molecule has 0 aromatic heterocycles. The molecule has 0 radical (unpaired) electrons. The topological polar surface area (TPSA) is 45.8 Å². The van der Waals surface area contributed by atoms with Crippen LogP contribution < -0.4 is 20.1 Å². The van der Waals surface area contributed by atoms with E-state index in [0.717, 1.165) is 37.6 Å². The van der Waals surface area contributed by atoms with Crippen molar-refractivity contribution in [1.82, 2.24) is 15.5 Å². The third-order valence-electron chi connectivity index (χ3n) is 5.66. The van der Waals surface area contributed by atoms with Crippen LogP contribution in [-0.4, -0.2) is 43.4 Å². The highest BCUT2D eigenvalue weighted by atomic mass is 32.1. The number of benzene rings is 2. The average molecular weight is 428 g/mol. The van der Waals surface area contributed by atoms with Crippen LogP contribution in [0.2, 0.25) is 0 Å². The van der Waals surface area contributed by atoms with E-state index in [2.05, 4.69) is 72.7 Å². The van der Waals surface area contributed by atoms with Gasteiger partial charge in [0.05, 0.1) is 20.3 Å². The maximum atomic E-state index is 5.62. The number of methoxy groups -OCH3 is 2. The van der Waals surface area contributed by atoms with Crippen LogP contribution in [0.15, 0.2) is 36.4 Å². The highest BCUT2D eigenvalue weighted by Crippen LogP contribution is 2.40. The lowest BCUT2D eigenvalue weighted by Gasteiger charge is -2.41. The van der Waals surface area contributed by atoms with Crippen molar-refractivity contribution in [3.63, 3.8) is 0 Å². The van der Waals surface area contributed by atoms with Gasteiger partial charge in [-0.2, -0.15) is 0 Å². The second-order valence-corrected chi connectivity index (χ2v) is 8.26. The van der Waals surface area contributed by atoms with E-state index in [0.29, 0.717) is 5.11 Å². The average Bonchev–Trinajstić information content (AvgIpc) is 2.72. The Bertz CT molecular complexity index is 887. The predicted molar refractivity (Wildman–Crippen MR) is 126 cm³/mol. The van der Waals surface area contributed by atoms with Crippen molar-refractivity contribution in [3.8, 4) is 11.5 Å². The molecule has 0 fully saturated rings. The summed E-state index contributed by atoms with van der Waals surface area (Å²) in [7, 11) is 3.38. The van der Waals surface area contributed by atoms with Crippen molar-refractivity contribution >= 4 is 17.3 Å². The molecular weight excluding hydrogens is 394 g/mol. The Morgan fingerprint density at radius 1 is 1.20 bits per heavy atom. The Hall–Kier alpha value is -2.31. The Morgan fingerprint density at radius 3 is 2.60 bits per heavy atom. The van der Waals surface area contributed by atoms with Gasteiger partial charge in [0, 0.05) is 25.7 Å². The molecule has 2 N–H and O–H groups in total. The molecule has 3 rings (SSSR count). The van der Waals surface area contributed by atoms with Crippen LogP contribution in [0.4, 0.5) is 0 Å².